The number of likely N-dealkylation sites (tertiary alicyclic amines) is 1. The zero-order chi connectivity index (χ0) is 43.6. The molecule has 0 radical (unpaired) electrons. The molecule has 1 fully saturated rings. The quantitative estimate of drug-likeness (QED) is 0.0319. The Hall–Kier alpha value is -5.88. The van der Waals surface area contributed by atoms with Crippen molar-refractivity contribution in [2.24, 2.45) is 11.6 Å². The van der Waals surface area contributed by atoms with Gasteiger partial charge in [0.05, 0.1) is 71.8 Å². The van der Waals surface area contributed by atoms with Crippen LogP contribution >= 0.6 is 0 Å². The van der Waals surface area contributed by atoms with E-state index in [1.807, 2.05) is 12.1 Å². The number of nitrogens with zero attached hydrogens (tertiary/aromatic N) is 3. The number of hydrogen-bond donors (Lipinski definition) is 4. The van der Waals surface area contributed by atoms with Crippen LogP contribution in [0.1, 0.15) is 62.0 Å². The lowest BCUT2D eigenvalue weighted by Gasteiger charge is -2.35. The van der Waals surface area contributed by atoms with Crippen LogP contribution < -0.4 is 41.8 Å². The topological polar surface area (TPSA) is 223 Å². The number of carbonyl (C=O) groups is 4. The maximum Gasteiger partial charge on any atom is 0.273 e. The van der Waals surface area contributed by atoms with E-state index in [0.29, 0.717) is 58.7 Å². The summed E-state index contributed by atoms with van der Waals surface area (Å²) in [4.78, 5) is 55.1. The van der Waals surface area contributed by atoms with Gasteiger partial charge in [0.15, 0.2) is 0 Å². The Labute approximate surface area is 350 Å². The molecular formula is C43H57N7O10. The van der Waals surface area contributed by atoms with Crippen LogP contribution in [-0.2, 0) is 40.6 Å². The molecule has 0 aliphatic carbocycles. The molecule has 7 N–H and O–H groups in total. The Balaban J connectivity index is 1.02. The second-order valence-corrected chi connectivity index (χ2v) is 15.3. The minimum absolute atomic E-state index is 0.0780. The summed E-state index contributed by atoms with van der Waals surface area (Å²) in [6, 6.07) is 15.1. The Bertz CT molecular complexity index is 2070. The lowest BCUT2D eigenvalue weighted by Crippen LogP contribution is -2.55. The van der Waals surface area contributed by atoms with Crippen LogP contribution in [0, 0.1) is 0 Å². The minimum atomic E-state index is -0.732. The van der Waals surface area contributed by atoms with Gasteiger partial charge in [0.25, 0.3) is 17.7 Å². The van der Waals surface area contributed by atoms with E-state index in [1.165, 1.54) is 29.0 Å². The summed E-state index contributed by atoms with van der Waals surface area (Å²) >= 11 is 0. The molecule has 2 aliphatic heterocycles. The molecule has 3 aromatic rings. The number of allylic oxidation sites excluding steroid dienone is 1. The Morgan fingerprint density at radius 1 is 0.883 bits per heavy atom. The maximum atomic E-state index is 13.5. The molecule has 0 aromatic heterocycles. The van der Waals surface area contributed by atoms with E-state index in [2.05, 4.69) is 26.1 Å². The summed E-state index contributed by atoms with van der Waals surface area (Å²) in [5.41, 5.74) is 15.9. The highest BCUT2D eigenvalue weighted by Crippen LogP contribution is 2.35. The summed E-state index contributed by atoms with van der Waals surface area (Å²) < 4.78 is 33.7. The van der Waals surface area contributed by atoms with Gasteiger partial charge in [-0.3, -0.25) is 29.1 Å². The number of piperidine rings is 1. The number of rotatable bonds is 20. The number of anilines is 3. The molecule has 1 saturated heterocycles. The number of benzene rings is 3. The van der Waals surface area contributed by atoms with Gasteiger partial charge in [-0.2, -0.15) is 0 Å². The molecule has 2 aliphatic rings. The molecule has 0 saturated carbocycles. The van der Waals surface area contributed by atoms with E-state index in [9.17, 15) is 19.2 Å². The predicted molar refractivity (Wildman–Crippen MR) is 225 cm³/mol. The van der Waals surface area contributed by atoms with Gasteiger partial charge in [0.1, 0.15) is 41.3 Å². The van der Waals surface area contributed by atoms with Crippen molar-refractivity contribution in [2.75, 3.05) is 83.1 Å². The first-order chi connectivity index (χ1) is 28.7. The standard InChI is InChI=1S/C43H57N7O10/c1-27(50(46)35-25-29(55-5)11-14-37(35)56-6)39(45)40(52)47-33-24-28(43(2,3)4)10-13-36(33)60-23-22-59-21-20-58-19-18-57-17-16-48-38(51)15-12-34(42(48)54)49-26-31-30(41(49)53)8-7-9-32(31)44/h7-11,13-14,24-25,34H,12,15-23,26,44-46H2,1-6H3,(H,47,52)/b39-27-. The van der Waals surface area contributed by atoms with Crippen LogP contribution in [0.15, 0.2) is 66.0 Å². The molecule has 5 rings (SSSR count). The molecule has 1 atom stereocenters. The normalized spacial score (nSPS) is 15.8. The number of nitrogens with two attached hydrogens (primary N) is 3. The lowest BCUT2D eigenvalue weighted by molar-refractivity contribution is -0.153. The SMILES string of the molecule is COc1ccc(OC)c(N(N)/C(C)=C(\N)C(=O)Nc2cc(C(C)(C)C)ccc2OCCOCCOCCOCCN2C(=O)CCC(N3Cc4c(N)cccc4C3=O)C2=O)c1. The third-order valence-corrected chi connectivity index (χ3v) is 10.3. The zero-order valence-corrected chi connectivity index (χ0v) is 35.2. The van der Waals surface area contributed by atoms with Gasteiger partial charge >= 0.3 is 0 Å². The molecule has 2 heterocycles. The molecule has 0 spiro atoms. The first kappa shape index (κ1) is 45.2. The Morgan fingerprint density at radius 2 is 1.55 bits per heavy atom. The van der Waals surface area contributed by atoms with Gasteiger partial charge in [0, 0.05) is 35.8 Å². The van der Waals surface area contributed by atoms with E-state index in [-0.39, 0.29) is 87.6 Å². The van der Waals surface area contributed by atoms with Crippen LogP contribution in [0.2, 0.25) is 0 Å². The van der Waals surface area contributed by atoms with E-state index >= 15 is 0 Å². The second-order valence-electron chi connectivity index (χ2n) is 15.3. The Morgan fingerprint density at radius 3 is 2.20 bits per heavy atom. The first-order valence-corrected chi connectivity index (χ1v) is 19.7. The van der Waals surface area contributed by atoms with E-state index in [1.54, 1.807) is 49.4 Å². The fraction of sp³-hybridized carbons (Fsp3) is 0.442. The lowest BCUT2D eigenvalue weighted by atomic mass is 9.87. The number of nitrogens with one attached hydrogen (secondary N) is 1. The van der Waals surface area contributed by atoms with Crippen molar-refractivity contribution in [3.05, 3.63) is 82.7 Å². The van der Waals surface area contributed by atoms with Crippen molar-refractivity contribution < 1.29 is 47.6 Å². The third kappa shape index (κ3) is 10.8. The number of carbonyl (C=O) groups excluding carboxylic acids is 4. The fourth-order valence-electron chi connectivity index (χ4n) is 6.75. The van der Waals surface area contributed by atoms with E-state index in [0.717, 1.165) is 5.56 Å². The predicted octanol–water partition coefficient (Wildman–Crippen LogP) is 3.69. The van der Waals surface area contributed by atoms with E-state index < -0.39 is 17.9 Å². The Kier molecular flexibility index (Phi) is 15.4. The number of ether oxygens (including phenoxy) is 6. The monoisotopic (exact) mass is 831 g/mol. The van der Waals surface area contributed by atoms with Gasteiger partial charge in [-0.25, -0.2) is 5.84 Å². The second kappa shape index (κ2) is 20.4. The average Bonchev–Trinajstić information content (AvgIpc) is 3.57. The summed E-state index contributed by atoms with van der Waals surface area (Å²) in [5.74, 6) is 6.31. The van der Waals surface area contributed by atoms with Crippen LogP contribution in [0.5, 0.6) is 17.2 Å². The number of hydrogen-bond acceptors (Lipinski definition) is 14. The number of fused-ring (bicyclic) bond motifs is 1. The van der Waals surface area contributed by atoms with Gasteiger partial charge in [-0.15, -0.1) is 0 Å². The average molecular weight is 832 g/mol. The van der Waals surface area contributed by atoms with Gasteiger partial charge in [-0.05, 0) is 60.7 Å². The molecule has 3 aromatic carbocycles. The molecular weight excluding hydrogens is 775 g/mol. The van der Waals surface area contributed by atoms with Gasteiger partial charge in [-0.1, -0.05) is 32.9 Å². The first-order valence-electron chi connectivity index (χ1n) is 19.7. The molecule has 17 heteroatoms. The molecule has 4 amide bonds. The highest BCUT2D eigenvalue weighted by atomic mass is 16.6. The maximum absolute atomic E-state index is 13.5. The fourth-order valence-corrected chi connectivity index (χ4v) is 6.75. The van der Waals surface area contributed by atoms with Crippen molar-refractivity contribution in [3.8, 4) is 17.2 Å². The molecule has 17 nitrogen and oxygen atoms in total. The number of methoxy groups -OCH3 is 2. The van der Waals surface area contributed by atoms with Gasteiger partial charge in [0.2, 0.25) is 5.91 Å². The summed E-state index contributed by atoms with van der Waals surface area (Å²) in [7, 11) is 3.05. The zero-order valence-electron chi connectivity index (χ0n) is 35.2. The minimum Gasteiger partial charge on any atom is -0.497 e. The summed E-state index contributed by atoms with van der Waals surface area (Å²) in [6.45, 7) is 9.84. The molecule has 0 bridgehead atoms. The highest BCUT2D eigenvalue weighted by molar-refractivity contribution is 6.06. The smallest absolute Gasteiger partial charge is 0.273 e. The highest BCUT2D eigenvalue weighted by Gasteiger charge is 2.43. The van der Waals surface area contributed by atoms with Crippen molar-refractivity contribution in [3.63, 3.8) is 0 Å². The van der Waals surface area contributed by atoms with Crippen LogP contribution in [0.25, 0.3) is 0 Å². The number of amides is 4. The largest absolute Gasteiger partial charge is 0.497 e. The number of hydrazine groups is 1. The van der Waals surface area contributed by atoms with E-state index in [4.69, 9.17) is 45.7 Å². The summed E-state index contributed by atoms with van der Waals surface area (Å²) in [5, 5.41) is 4.15. The molecule has 60 heavy (non-hydrogen) atoms. The van der Waals surface area contributed by atoms with Crippen molar-refractivity contribution >= 4 is 40.7 Å². The van der Waals surface area contributed by atoms with Crippen molar-refractivity contribution in [1.82, 2.24) is 9.80 Å². The van der Waals surface area contributed by atoms with Crippen molar-refractivity contribution in [2.45, 2.75) is 58.5 Å². The van der Waals surface area contributed by atoms with Crippen LogP contribution in [0.3, 0.4) is 0 Å². The number of imide groups is 1. The van der Waals surface area contributed by atoms with Gasteiger partial charge < -0.3 is 50.1 Å². The van der Waals surface area contributed by atoms with Crippen LogP contribution in [-0.4, -0.2) is 106 Å². The summed E-state index contributed by atoms with van der Waals surface area (Å²) in [6.07, 6.45) is 0.428. The molecule has 1 unspecified atom stereocenters. The third-order valence-electron chi connectivity index (χ3n) is 10.3. The number of nitrogen functional groups attached to an aromatic ring is 1. The van der Waals surface area contributed by atoms with Crippen molar-refractivity contribution in [1.29, 1.82) is 0 Å². The molecule has 324 valence electrons. The van der Waals surface area contributed by atoms with Crippen LogP contribution in [0.4, 0.5) is 17.1 Å².